The summed E-state index contributed by atoms with van der Waals surface area (Å²) in [6.07, 6.45) is -4.85. The molecule has 22 heavy (non-hydrogen) atoms. The van der Waals surface area contributed by atoms with Crippen molar-refractivity contribution >= 4 is 11.7 Å². The number of nitrogens with one attached hydrogen (secondary N) is 1. The number of halogens is 3. The minimum Gasteiger partial charge on any atom is -0.404 e. The predicted octanol–water partition coefficient (Wildman–Crippen LogP) is 3.21. The molecule has 0 saturated heterocycles. The topological polar surface area (TPSA) is 61.8 Å². The monoisotopic (exact) mass is 320 g/mol. The lowest BCUT2D eigenvalue weighted by molar-refractivity contribution is -0.274. The van der Waals surface area contributed by atoms with Crippen LogP contribution in [0.1, 0.15) is 20.8 Å². The third-order valence-electron chi connectivity index (χ3n) is 2.60. The first-order chi connectivity index (χ1) is 10.0. The molecule has 0 aliphatic heterocycles. The van der Waals surface area contributed by atoms with E-state index < -0.39 is 23.7 Å². The Morgan fingerprint density at radius 3 is 2.41 bits per heavy atom. The minimum atomic E-state index is -4.85. The van der Waals surface area contributed by atoms with Crippen molar-refractivity contribution in [2.24, 2.45) is 0 Å². The van der Waals surface area contributed by atoms with E-state index >= 15 is 0 Å². The smallest absolute Gasteiger partial charge is 0.404 e. The molecule has 2 N–H and O–H groups in total. The lowest BCUT2D eigenvalue weighted by Crippen LogP contribution is -2.44. The molecular weight excluding hydrogens is 301 g/mol. The van der Waals surface area contributed by atoms with Crippen LogP contribution in [-0.2, 0) is 0 Å². The molecule has 0 heterocycles. The molecule has 0 bridgehead atoms. The molecule has 1 rings (SSSR count). The molecule has 0 atom stereocenters. The van der Waals surface area contributed by atoms with Gasteiger partial charge in [0.15, 0.2) is 5.75 Å². The van der Waals surface area contributed by atoms with E-state index in [0.29, 0.717) is 0 Å². The van der Waals surface area contributed by atoms with Crippen molar-refractivity contribution in [3.05, 3.63) is 24.3 Å². The van der Waals surface area contributed by atoms with Crippen molar-refractivity contribution in [3.63, 3.8) is 0 Å². The van der Waals surface area contributed by atoms with Gasteiger partial charge in [0.05, 0.1) is 17.8 Å². The maximum atomic E-state index is 12.3. The van der Waals surface area contributed by atoms with Crippen molar-refractivity contribution in [1.82, 2.24) is 4.90 Å². The molecule has 5 nitrogen and oxygen atoms in total. The number of amides is 2. The highest BCUT2D eigenvalue weighted by Crippen LogP contribution is 2.30. The Labute approximate surface area is 126 Å². The lowest BCUT2D eigenvalue weighted by atomic mass is 10.1. The lowest BCUT2D eigenvalue weighted by Gasteiger charge is -2.28. The van der Waals surface area contributed by atoms with Crippen LogP contribution in [0.2, 0.25) is 0 Å². The van der Waals surface area contributed by atoms with E-state index in [4.69, 9.17) is 0 Å². The number of urea groups is 1. The molecule has 0 aliphatic carbocycles. The number of aliphatic hydroxyl groups is 1. The number of anilines is 1. The van der Waals surface area contributed by atoms with Crippen LogP contribution in [0.25, 0.3) is 0 Å². The van der Waals surface area contributed by atoms with Crippen LogP contribution in [-0.4, -0.2) is 41.1 Å². The van der Waals surface area contributed by atoms with Crippen molar-refractivity contribution in [1.29, 1.82) is 0 Å². The van der Waals surface area contributed by atoms with Crippen molar-refractivity contribution in [2.75, 3.05) is 18.4 Å². The highest BCUT2D eigenvalue weighted by atomic mass is 19.4. The number of alkyl halides is 3. The number of benzene rings is 1. The largest absolute Gasteiger partial charge is 0.573 e. The number of para-hydroxylation sites is 2. The Bertz CT molecular complexity index is 513. The number of nitrogens with zero attached hydrogens (tertiary/aromatic N) is 1. The average molecular weight is 320 g/mol. The first kappa shape index (κ1) is 18.1. The Hall–Kier alpha value is -1.96. The number of hydrogen-bond acceptors (Lipinski definition) is 3. The third kappa shape index (κ3) is 6.21. The van der Waals surface area contributed by atoms with Gasteiger partial charge in [0, 0.05) is 6.54 Å². The summed E-state index contributed by atoms with van der Waals surface area (Å²) < 4.78 is 40.8. The van der Waals surface area contributed by atoms with E-state index in [1.165, 1.54) is 36.9 Å². The zero-order valence-electron chi connectivity index (χ0n) is 12.6. The highest BCUT2D eigenvalue weighted by molar-refractivity contribution is 5.91. The molecular formula is C14H19F3N2O3. The van der Waals surface area contributed by atoms with Gasteiger partial charge in [0.2, 0.25) is 0 Å². The van der Waals surface area contributed by atoms with Gasteiger partial charge in [0.25, 0.3) is 0 Å². The molecule has 0 aromatic heterocycles. The number of carbonyl (C=O) groups is 1. The fourth-order valence-corrected chi connectivity index (χ4v) is 1.77. The van der Waals surface area contributed by atoms with Crippen LogP contribution in [0.3, 0.4) is 0 Å². The van der Waals surface area contributed by atoms with Gasteiger partial charge in [-0.1, -0.05) is 12.1 Å². The van der Waals surface area contributed by atoms with Gasteiger partial charge in [0.1, 0.15) is 0 Å². The van der Waals surface area contributed by atoms with Gasteiger partial charge < -0.3 is 20.1 Å². The molecule has 124 valence electrons. The maximum absolute atomic E-state index is 12.3. The summed E-state index contributed by atoms with van der Waals surface area (Å²) in [6.45, 7) is 5.09. The highest BCUT2D eigenvalue weighted by Gasteiger charge is 2.32. The number of ether oxygens (including phenoxy) is 1. The van der Waals surface area contributed by atoms with E-state index in [2.05, 4.69) is 10.1 Å². The molecule has 2 amide bonds. The molecule has 1 aromatic rings. The second kappa shape index (κ2) is 6.87. The zero-order valence-corrected chi connectivity index (χ0v) is 12.6. The van der Waals surface area contributed by atoms with Crippen LogP contribution < -0.4 is 10.1 Å². The summed E-state index contributed by atoms with van der Waals surface area (Å²) in [4.78, 5) is 13.4. The Balaban J connectivity index is 2.87. The SMILES string of the molecule is CCN(CC(C)(C)O)C(=O)Nc1ccccc1OC(F)(F)F. The van der Waals surface area contributed by atoms with Gasteiger partial charge in [-0.15, -0.1) is 13.2 Å². The zero-order chi connectivity index (χ0) is 17.0. The van der Waals surface area contributed by atoms with Crippen LogP contribution in [0.15, 0.2) is 24.3 Å². The predicted molar refractivity (Wildman–Crippen MR) is 75.7 cm³/mol. The summed E-state index contributed by atoms with van der Waals surface area (Å²) in [6, 6.07) is 4.63. The second-order valence-electron chi connectivity index (χ2n) is 5.30. The standard InChI is InChI=1S/C14H19F3N2O3/c1-4-19(9-13(2,3)21)12(20)18-10-7-5-6-8-11(10)22-14(15,16)17/h5-8,21H,4,9H2,1-3H3,(H,18,20). The Kier molecular flexibility index (Phi) is 5.65. The number of hydrogen-bond donors (Lipinski definition) is 2. The Morgan fingerprint density at radius 1 is 1.32 bits per heavy atom. The summed E-state index contributed by atoms with van der Waals surface area (Å²) in [7, 11) is 0. The fraction of sp³-hybridized carbons (Fsp3) is 0.500. The minimum absolute atomic E-state index is 0.0393. The summed E-state index contributed by atoms with van der Waals surface area (Å²) in [5.74, 6) is -0.498. The van der Waals surface area contributed by atoms with Gasteiger partial charge in [-0.3, -0.25) is 0 Å². The molecule has 0 saturated carbocycles. The van der Waals surface area contributed by atoms with Crippen molar-refractivity contribution in [2.45, 2.75) is 32.7 Å². The third-order valence-corrected chi connectivity index (χ3v) is 2.60. The van der Waals surface area contributed by atoms with E-state index in [0.717, 1.165) is 6.07 Å². The van der Waals surface area contributed by atoms with E-state index in [1.54, 1.807) is 6.92 Å². The van der Waals surface area contributed by atoms with Gasteiger partial charge in [-0.05, 0) is 32.9 Å². The molecule has 1 aromatic carbocycles. The average Bonchev–Trinajstić information content (AvgIpc) is 2.35. The van der Waals surface area contributed by atoms with Crippen molar-refractivity contribution in [3.8, 4) is 5.75 Å². The summed E-state index contributed by atoms with van der Waals surface area (Å²) >= 11 is 0. The number of carbonyl (C=O) groups excluding carboxylic acids is 1. The van der Waals surface area contributed by atoms with Crippen LogP contribution in [0.5, 0.6) is 5.75 Å². The molecule has 0 unspecified atom stereocenters. The van der Waals surface area contributed by atoms with Gasteiger partial charge in [-0.2, -0.15) is 0 Å². The molecule has 8 heteroatoms. The van der Waals surface area contributed by atoms with E-state index in [9.17, 15) is 23.1 Å². The van der Waals surface area contributed by atoms with E-state index in [1.807, 2.05) is 0 Å². The van der Waals surface area contributed by atoms with Crippen LogP contribution in [0, 0.1) is 0 Å². The summed E-state index contributed by atoms with van der Waals surface area (Å²) in [5, 5.41) is 12.1. The number of rotatable bonds is 5. The van der Waals surface area contributed by atoms with Gasteiger partial charge in [-0.25, -0.2) is 4.79 Å². The molecule has 0 fully saturated rings. The second-order valence-corrected chi connectivity index (χ2v) is 5.30. The summed E-state index contributed by atoms with van der Waals surface area (Å²) in [5.41, 5.74) is -1.21. The number of likely N-dealkylation sites (N-methyl/N-ethyl adjacent to an activating group) is 1. The fourth-order valence-electron chi connectivity index (χ4n) is 1.77. The van der Waals surface area contributed by atoms with Crippen LogP contribution in [0.4, 0.5) is 23.7 Å². The quantitative estimate of drug-likeness (QED) is 0.876. The molecule has 0 radical (unpaired) electrons. The maximum Gasteiger partial charge on any atom is 0.573 e. The molecule has 0 aliphatic rings. The molecule has 0 spiro atoms. The first-order valence-corrected chi connectivity index (χ1v) is 6.65. The first-order valence-electron chi connectivity index (χ1n) is 6.65. The Morgan fingerprint density at radius 2 is 1.91 bits per heavy atom. The normalized spacial score (nSPS) is 12.0. The van der Waals surface area contributed by atoms with E-state index in [-0.39, 0.29) is 18.8 Å². The van der Waals surface area contributed by atoms with Crippen molar-refractivity contribution < 1.29 is 27.8 Å². The van der Waals surface area contributed by atoms with Gasteiger partial charge >= 0.3 is 12.4 Å². The van der Waals surface area contributed by atoms with Crippen LogP contribution >= 0.6 is 0 Å².